The maximum absolute atomic E-state index is 12.8. The number of nitrogens with zero attached hydrogens (tertiary/aromatic N) is 1. The molecule has 1 heterocycles. The van der Waals surface area contributed by atoms with Crippen molar-refractivity contribution in [1.82, 2.24) is 15.8 Å². The molecule has 7 nitrogen and oxygen atoms in total. The second-order valence-electron chi connectivity index (χ2n) is 6.86. The van der Waals surface area contributed by atoms with Gasteiger partial charge in [-0.2, -0.15) is 0 Å². The highest BCUT2D eigenvalue weighted by Crippen LogP contribution is 2.33. The van der Waals surface area contributed by atoms with E-state index in [9.17, 15) is 9.59 Å². The van der Waals surface area contributed by atoms with Gasteiger partial charge in [0, 0.05) is 16.9 Å². The number of fused-ring (bicyclic) bond motifs is 1. The van der Waals surface area contributed by atoms with E-state index >= 15 is 0 Å². The largest absolute Gasteiger partial charge is 0.493 e. The van der Waals surface area contributed by atoms with Crippen LogP contribution in [0.3, 0.4) is 0 Å². The van der Waals surface area contributed by atoms with Gasteiger partial charge in [-0.3, -0.25) is 20.4 Å². The van der Waals surface area contributed by atoms with Gasteiger partial charge in [-0.1, -0.05) is 18.2 Å². The van der Waals surface area contributed by atoms with E-state index in [0.717, 1.165) is 18.4 Å². The van der Waals surface area contributed by atoms with Gasteiger partial charge in [-0.25, -0.2) is 4.98 Å². The van der Waals surface area contributed by atoms with Gasteiger partial charge in [0.2, 0.25) is 5.91 Å². The van der Waals surface area contributed by atoms with Gasteiger partial charge in [0.15, 0.2) is 11.5 Å². The fourth-order valence-electron chi connectivity index (χ4n) is 3.14. The summed E-state index contributed by atoms with van der Waals surface area (Å²) in [6, 6.07) is 14.6. The number of carbonyl (C=O) groups excluding carboxylic acids is 2. The fourth-order valence-corrected chi connectivity index (χ4v) is 3.14. The van der Waals surface area contributed by atoms with Crippen LogP contribution in [0.2, 0.25) is 0 Å². The Bertz CT molecular complexity index is 1090. The van der Waals surface area contributed by atoms with Crippen LogP contribution in [0.25, 0.3) is 22.2 Å². The van der Waals surface area contributed by atoms with Crippen molar-refractivity contribution in [3.8, 4) is 22.8 Å². The second-order valence-corrected chi connectivity index (χ2v) is 6.86. The van der Waals surface area contributed by atoms with Crippen LogP contribution in [0.4, 0.5) is 0 Å². The molecule has 1 aromatic heterocycles. The van der Waals surface area contributed by atoms with E-state index in [0.29, 0.717) is 33.7 Å². The molecule has 7 heteroatoms. The minimum atomic E-state index is -0.390. The van der Waals surface area contributed by atoms with Crippen molar-refractivity contribution in [2.75, 3.05) is 14.2 Å². The Morgan fingerprint density at radius 3 is 2.45 bits per heavy atom. The first-order valence-corrected chi connectivity index (χ1v) is 9.33. The zero-order chi connectivity index (χ0) is 20.4. The van der Waals surface area contributed by atoms with E-state index in [-0.39, 0.29) is 17.7 Å². The number of pyridine rings is 1. The van der Waals surface area contributed by atoms with E-state index < -0.39 is 0 Å². The first-order valence-electron chi connectivity index (χ1n) is 9.33. The van der Waals surface area contributed by atoms with E-state index in [1.54, 1.807) is 26.4 Å². The van der Waals surface area contributed by atoms with Gasteiger partial charge in [-0.15, -0.1) is 0 Å². The molecule has 148 valence electrons. The fraction of sp³-hybridized carbons (Fsp3) is 0.227. The average Bonchev–Trinajstić information content (AvgIpc) is 3.61. The number of hydrazine groups is 1. The molecule has 2 amide bonds. The number of para-hydroxylation sites is 1. The second kappa shape index (κ2) is 7.79. The molecule has 0 spiro atoms. The third-order valence-electron chi connectivity index (χ3n) is 4.89. The molecule has 1 aliphatic carbocycles. The smallest absolute Gasteiger partial charge is 0.270 e. The zero-order valence-corrected chi connectivity index (χ0v) is 16.2. The van der Waals surface area contributed by atoms with Crippen molar-refractivity contribution in [1.29, 1.82) is 0 Å². The predicted molar refractivity (Wildman–Crippen MR) is 109 cm³/mol. The lowest BCUT2D eigenvalue weighted by molar-refractivity contribution is -0.123. The van der Waals surface area contributed by atoms with Crippen LogP contribution in [-0.4, -0.2) is 31.0 Å². The molecular formula is C22H21N3O4. The Morgan fingerprint density at radius 2 is 1.72 bits per heavy atom. The number of nitrogens with one attached hydrogen (secondary N) is 2. The molecule has 0 unspecified atom stereocenters. The Labute approximate surface area is 168 Å². The van der Waals surface area contributed by atoms with Crippen LogP contribution in [-0.2, 0) is 4.79 Å². The average molecular weight is 391 g/mol. The van der Waals surface area contributed by atoms with Crippen molar-refractivity contribution < 1.29 is 19.1 Å². The van der Waals surface area contributed by atoms with Crippen LogP contribution in [0.5, 0.6) is 11.5 Å². The summed E-state index contributed by atoms with van der Waals surface area (Å²) in [5.41, 5.74) is 7.53. The molecule has 4 rings (SSSR count). The van der Waals surface area contributed by atoms with Crippen LogP contribution in [0.15, 0.2) is 48.5 Å². The van der Waals surface area contributed by atoms with E-state index in [2.05, 4.69) is 15.8 Å². The maximum Gasteiger partial charge on any atom is 0.270 e. The van der Waals surface area contributed by atoms with Crippen LogP contribution in [0, 0.1) is 5.92 Å². The Balaban J connectivity index is 1.72. The minimum Gasteiger partial charge on any atom is -0.493 e. The summed E-state index contributed by atoms with van der Waals surface area (Å²) in [6.07, 6.45) is 1.73. The topological polar surface area (TPSA) is 89.6 Å². The first-order chi connectivity index (χ1) is 14.1. The molecule has 1 saturated carbocycles. The molecule has 2 N–H and O–H groups in total. The Kier molecular flexibility index (Phi) is 5.03. The summed E-state index contributed by atoms with van der Waals surface area (Å²) in [7, 11) is 3.14. The number of hydrogen-bond acceptors (Lipinski definition) is 5. The molecule has 0 aliphatic heterocycles. The number of aromatic nitrogens is 1. The normalized spacial score (nSPS) is 13.0. The van der Waals surface area contributed by atoms with E-state index in [1.807, 2.05) is 36.4 Å². The molecule has 1 aliphatic rings. The molecule has 1 fully saturated rings. The number of carbonyl (C=O) groups is 2. The summed E-state index contributed by atoms with van der Waals surface area (Å²) in [5.74, 6) is 0.642. The van der Waals surface area contributed by atoms with Crippen molar-refractivity contribution in [3.05, 3.63) is 54.1 Å². The first kappa shape index (κ1) is 18.7. The summed E-state index contributed by atoms with van der Waals surface area (Å²) >= 11 is 0. The number of benzene rings is 2. The third-order valence-corrected chi connectivity index (χ3v) is 4.89. The number of amides is 2. The maximum atomic E-state index is 12.8. The number of ether oxygens (including phenoxy) is 2. The van der Waals surface area contributed by atoms with Crippen molar-refractivity contribution in [2.45, 2.75) is 12.8 Å². The summed E-state index contributed by atoms with van der Waals surface area (Å²) in [5, 5.41) is 0.704. The molecule has 2 aromatic carbocycles. The third kappa shape index (κ3) is 3.85. The number of methoxy groups -OCH3 is 2. The highest BCUT2D eigenvalue weighted by atomic mass is 16.5. The highest BCUT2D eigenvalue weighted by molar-refractivity contribution is 6.07. The molecule has 0 bridgehead atoms. The lowest BCUT2D eigenvalue weighted by atomic mass is 10.0. The predicted octanol–water partition coefficient (Wildman–Crippen LogP) is 3.09. The molecule has 0 atom stereocenters. The lowest BCUT2D eigenvalue weighted by Crippen LogP contribution is -2.42. The van der Waals surface area contributed by atoms with Crippen LogP contribution >= 0.6 is 0 Å². The van der Waals surface area contributed by atoms with Gasteiger partial charge in [0.1, 0.15) is 0 Å². The van der Waals surface area contributed by atoms with Crippen LogP contribution < -0.4 is 20.3 Å². The van der Waals surface area contributed by atoms with Crippen molar-refractivity contribution in [3.63, 3.8) is 0 Å². The Hall–Kier alpha value is -3.61. The van der Waals surface area contributed by atoms with Gasteiger partial charge in [-0.05, 0) is 43.2 Å². The standard InChI is InChI=1S/C22H21N3O4/c1-28-19-10-9-14(11-20(19)29-2)18-12-16(15-5-3-4-6-17(15)23-18)22(27)25-24-21(26)13-7-8-13/h3-6,9-13H,7-8H2,1-2H3,(H,24,26)(H,25,27). The lowest BCUT2D eigenvalue weighted by Gasteiger charge is -2.13. The Morgan fingerprint density at radius 1 is 0.966 bits per heavy atom. The van der Waals surface area contributed by atoms with Gasteiger partial charge >= 0.3 is 0 Å². The summed E-state index contributed by atoms with van der Waals surface area (Å²) < 4.78 is 10.7. The number of hydrogen-bond donors (Lipinski definition) is 2. The van der Waals surface area contributed by atoms with Crippen LogP contribution in [0.1, 0.15) is 23.2 Å². The summed E-state index contributed by atoms with van der Waals surface area (Å²) in [4.78, 5) is 29.4. The van der Waals surface area contributed by atoms with Gasteiger partial charge in [0.05, 0.1) is 31.0 Å². The molecule has 0 radical (unpaired) electrons. The van der Waals surface area contributed by atoms with Crippen molar-refractivity contribution >= 4 is 22.7 Å². The number of rotatable bonds is 5. The highest BCUT2D eigenvalue weighted by Gasteiger charge is 2.30. The summed E-state index contributed by atoms with van der Waals surface area (Å²) in [6.45, 7) is 0. The quantitative estimate of drug-likeness (QED) is 0.653. The van der Waals surface area contributed by atoms with Gasteiger partial charge in [0.25, 0.3) is 5.91 Å². The zero-order valence-electron chi connectivity index (χ0n) is 16.2. The molecule has 29 heavy (non-hydrogen) atoms. The molecule has 0 saturated heterocycles. The minimum absolute atomic E-state index is 0.00630. The molecule has 3 aromatic rings. The monoisotopic (exact) mass is 391 g/mol. The van der Waals surface area contributed by atoms with E-state index in [4.69, 9.17) is 9.47 Å². The molecular weight excluding hydrogens is 370 g/mol. The van der Waals surface area contributed by atoms with E-state index in [1.165, 1.54) is 0 Å². The van der Waals surface area contributed by atoms with Crippen molar-refractivity contribution in [2.24, 2.45) is 5.92 Å². The SMILES string of the molecule is COc1ccc(-c2cc(C(=O)NNC(=O)C3CC3)c3ccccc3n2)cc1OC. The van der Waals surface area contributed by atoms with Gasteiger partial charge < -0.3 is 9.47 Å².